The van der Waals surface area contributed by atoms with E-state index in [1.54, 1.807) is 36.3 Å². The van der Waals surface area contributed by atoms with Crippen LogP contribution in [0.25, 0.3) is 11.3 Å². The third-order valence-corrected chi connectivity index (χ3v) is 3.86. The Bertz CT molecular complexity index is 955. The summed E-state index contributed by atoms with van der Waals surface area (Å²) in [6.07, 6.45) is 3.29. The van der Waals surface area contributed by atoms with Crippen molar-refractivity contribution in [1.82, 2.24) is 4.98 Å². The summed E-state index contributed by atoms with van der Waals surface area (Å²) in [4.78, 5) is 27.0. The van der Waals surface area contributed by atoms with Crippen LogP contribution >= 0.6 is 0 Å². The van der Waals surface area contributed by atoms with Crippen LogP contribution in [0.4, 0.5) is 5.69 Å². The number of aromatic nitrogens is 2. The van der Waals surface area contributed by atoms with Gasteiger partial charge >= 0.3 is 0 Å². The van der Waals surface area contributed by atoms with Crippen LogP contribution in [0.5, 0.6) is 5.75 Å². The number of rotatable bonds is 6. The average molecular weight is 350 g/mol. The number of nitro benzene ring substituents is 1. The maximum atomic E-state index is 12.4. The van der Waals surface area contributed by atoms with Crippen molar-refractivity contribution in [2.45, 2.75) is 6.54 Å². The second kappa shape index (κ2) is 7.52. The normalized spacial score (nSPS) is 10.3. The summed E-state index contributed by atoms with van der Waals surface area (Å²) in [7, 11) is 1.60. The number of methoxy groups -OCH3 is 1. The van der Waals surface area contributed by atoms with Crippen LogP contribution in [0.15, 0.2) is 67.1 Å². The van der Waals surface area contributed by atoms with Gasteiger partial charge in [-0.15, -0.1) is 0 Å². The van der Waals surface area contributed by atoms with Crippen LogP contribution in [-0.4, -0.2) is 22.8 Å². The molecule has 0 bridgehead atoms. The molecule has 0 saturated carbocycles. The highest BCUT2D eigenvalue weighted by molar-refractivity contribution is 5.95. The lowest BCUT2D eigenvalue weighted by atomic mass is 10.1. The number of ether oxygens (including phenoxy) is 1. The van der Waals surface area contributed by atoms with Crippen molar-refractivity contribution in [2.24, 2.45) is 0 Å². The third kappa shape index (κ3) is 3.72. The SMILES string of the molecule is COc1ccccc1-c1cc[n+](CC(=O)c2cccc([N+](=O)[O-])c2)cn1. The quantitative estimate of drug-likeness (QED) is 0.295. The van der Waals surface area contributed by atoms with E-state index in [1.165, 1.54) is 18.2 Å². The van der Waals surface area contributed by atoms with Crippen molar-refractivity contribution in [3.63, 3.8) is 0 Å². The van der Waals surface area contributed by atoms with Gasteiger partial charge in [-0.1, -0.05) is 24.3 Å². The fraction of sp³-hybridized carbons (Fsp3) is 0.105. The number of hydrogen-bond acceptors (Lipinski definition) is 5. The van der Waals surface area contributed by atoms with Crippen LogP contribution < -0.4 is 9.30 Å². The van der Waals surface area contributed by atoms with Gasteiger partial charge in [0.15, 0.2) is 12.2 Å². The molecule has 2 aromatic carbocycles. The van der Waals surface area contributed by atoms with E-state index < -0.39 is 4.92 Å². The Morgan fingerprint density at radius 2 is 2.00 bits per heavy atom. The van der Waals surface area contributed by atoms with Crippen molar-refractivity contribution < 1.29 is 19.0 Å². The molecule has 3 aromatic rings. The Balaban J connectivity index is 1.78. The Morgan fingerprint density at radius 1 is 1.19 bits per heavy atom. The predicted molar refractivity (Wildman–Crippen MR) is 93.8 cm³/mol. The lowest BCUT2D eigenvalue weighted by Crippen LogP contribution is -2.37. The van der Waals surface area contributed by atoms with Gasteiger partial charge in [0.1, 0.15) is 5.75 Å². The predicted octanol–water partition coefficient (Wildman–Crippen LogP) is 2.84. The second-order valence-electron chi connectivity index (χ2n) is 5.55. The van der Waals surface area contributed by atoms with E-state index in [0.717, 1.165) is 11.3 Å². The van der Waals surface area contributed by atoms with Gasteiger partial charge in [0.25, 0.3) is 12.0 Å². The molecule has 26 heavy (non-hydrogen) atoms. The molecule has 0 atom stereocenters. The summed E-state index contributed by atoms with van der Waals surface area (Å²) >= 11 is 0. The number of nitrogens with zero attached hydrogens (tertiary/aromatic N) is 3. The van der Waals surface area contributed by atoms with Gasteiger partial charge in [-0.3, -0.25) is 14.9 Å². The minimum Gasteiger partial charge on any atom is -0.496 e. The summed E-state index contributed by atoms with van der Waals surface area (Å²) in [6.45, 7) is 0.0420. The van der Waals surface area contributed by atoms with Crippen LogP contribution in [0.2, 0.25) is 0 Å². The van der Waals surface area contributed by atoms with Crippen LogP contribution in [0.1, 0.15) is 10.4 Å². The molecular weight excluding hydrogens is 334 g/mol. The fourth-order valence-electron chi connectivity index (χ4n) is 2.54. The summed E-state index contributed by atoms with van der Waals surface area (Å²) < 4.78 is 6.95. The van der Waals surface area contributed by atoms with Crippen molar-refractivity contribution >= 4 is 11.5 Å². The Hall–Kier alpha value is -3.61. The molecule has 0 aliphatic rings. The number of para-hydroxylation sites is 1. The van der Waals surface area contributed by atoms with Crippen molar-refractivity contribution in [1.29, 1.82) is 0 Å². The van der Waals surface area contributed by atoms with Crippen molar-refractivity contribution in [3.8, 4) is 17.0 Å². The molecule has 0 saturated heterocycles. The number of benzene rings is 2. The molecule has 130 valence electrons. The average Bonchev–Trinajstić information content (AvgIpc) is 2.68. The second-order valence-corrected chi connectivity index (χ2v) is 5.55. The standard InChI is InChI=1S/C19H16N3O4/c1-26-19-8-3-2-7-16(19)17-9-10-21(13-20-17)12-18(23)14-5-4-6-15(11-14)22(24)25/h2-11,13H,12H2,1H3/q+1. The molecule has 1 heterocycles. The Morgan fingerprint density at radius 3 is 2.69 bits per heavy atom. The highest BCUT2D eigenvalue weighted by atomic mass is 16.6. The molecule has 0 radical (unpaired) electrons. The number of ketones is 1. The fourth-order valence-corrected chi connectivity index (χ4v) is 2.54. The highest BCUT2D eigenvalue weighted by Crippen LogP contribution is 2.27. The monoisotopic (exact) mass is 350 g/mol. The lowest BCUT2D eigenvalue weighted by molar-refractivity contribution is -0.686. The van der Waals surface area contributed by atoms with E-state index in [9.17, 15) is 14.9 Å². The zero-order chi connectivity index (χ0) is 18.5. The van der Waals surface area contributed by atoms with Crippen molar-refractivity contribution in [2.75, 3.05) is 7.11 Å². The number of Topliss-reactive ketones (excluding diaryl/α,β-unsaturated/α-hetero) is 1. The van der Waals surface area contributed by atoms with Gasteiger partial charge in [-0.25, -0.2) is 4.57 Å². The molecule has 3 rings (SSSR count). The molecule has 0 unspecified atom stereocenters. The van der Waals surface area contributed by atoms with E-state index in [0.29, 0.717) is 11.3 Å². The summed E-state index contributed by atoms with van der Waals surface area (Å²) in [5.41, 5.74) is 1.76. The molecule has 0 aliphatic carbocycles. The third-order valence-electron chi connectivity index (χ3n) is 3.86. The molecule has 0 fully saturated rings. The summed E-state index contributed by atoms with van der Waals surface area (Å²) in [5, 5.41) is 10.8. The smallest absolute Gasteiger partial charge is 0.287 e. The zero-order valence-electron chi connectivity index (χ0n) is 14.0. The maximum absolute atomic E-state index is 12.4. The summed E-state index contributed by atoms with van der Waals surface area (Å²) in [6, 6.07) is 15.0. The maximum Gasteiger partial charge on any atom is 0.287 e. The first kappa shape index (κ1) is 17.2. The van der Waals surface area contributed by atoms with Crippen molar-refractivity contribution in [3.05, 3.63) is 82.8 Å². The van der Waals surface area contributed by atoms with Crippen LogP contribution in [-0.2, 0) is 6.54 Å². The topological polar surface area (TPSA) is 86.2 Å². The minimum absolute atomic E-state index is 0.0420. The number of carbonyl (C=O) groups is 1. The van der Waals surface area contributed by atoms with E-state index in [1.807, 2.05) is 24.3 Å². The zero-order valence-corrected chi connectivity index (χ0v) is 14.0. The number of carbonyl (C=O) groups excluding carboxylic acids is 1. The first-order valence-corrected chi connectivity index (χ1v) is 7.84. The molecule has 0 N–H and O–H groups in total. The van der Waals surface area contributed by atoms with E-state index in [-0.39, 0.29) is 18.0 Å². The Labute approximate surface area is 149 Å². The van der Waals surface area contributed by atoms with Gasteiger partial charge in [-0.05, 0) is 17.1 Å². The molecule has 7 heteroatoms. The van der Waals surface area contributed by atoms with Gasteiger partial charge in [0.2, 0.25) is 5.78 Å². The molecule has 7 nitrogen and oxygen atoms in total. The highest BCUT2D eigenvalue weighted by Gasteiger charge is 2.16. The number of hydrogen-bond donors (Lipinski definition) is 0. The molecule has 0 aliphatic heterocycles. The Kier molecular flexibility index (Phi) is 4.98. The van der Waals surface area contributed by atoms with Gasteiger partial charge < -0.3 is 4.74 Å². The van der Waals surface area contributed by atoms with Crippen LogP contribution in [0, 0.1) is 10.1 Å². The molecular formula is C19H16N3O4+. The number of nitro groups is 1. The molecule has 0 amide bonds. The minimum atomic E-state index is -0.520. The van der Waals surface area contributed by atoms with E-state index in [2.05, 4.69) is 4.98 Å². The molecule has 1 aromatic heterocycles. The van der Waals surface area contributed by atoms with Gasteiger partial charge in [0.05, 0.1) is 23.8 Å². The first-order chi connectivity index (χ1) is 12.6. The van der Waals surface area contributed by atoms with E-state index in [4.69, 9.17) is 4.74 Å². The number of non-ortho nitro benzene ring substituents is 1. The largest absolute Gasteiger partial charge is 0.496 e. The van der Waals surface area contributed by atoms with Gasteiger partial charge in [0, 0.05) is 23.8 Å². The van der Waals surface area contributed by atoms with Crippen LogP contribution in [0.3, 0.4) is 0 Å². The molecule has 0 spiro atoms. The van der Waals surface area contributed by atoms with E-state index >= 15 is 0 Å². The summed E-state index contributed by atoms with van der Waals surface area (Å²) in [5.74, 6) is 0.482. The first-order valence-electron chi connectivity index (χ1n) is 7.84. The van der Waals surface area contributed by atoms with Gasteiger partial charge in [-0.2, -0.15) is 0 Å². The lowest BCUT2D eigenvalue weighted by Gasteiger charge is -2.05.